The van der Waals surface area contributed by atoms with E-state index in [-0.39, 0.29) is 11.7 Å². The molecular formula is C13H13N3O3. The van der Waals surface area contributed by atoms with Gasteiger partial charge in [0.2, 0.25) is 5.88 Å². The lowest BCUT2D eigenvalue weighted by Gasteiger charge is -2.11. The molecule has 98 valence electrons. The number of non-ortho nitro benzene ring substituents is 1. The van der Waals surface area contributed by atoms with Gasteiger partial charge in [-0.2, -0.15) is 0 Å². The molecule has 0 saturated carbocycles. The number of pyridine rings is 1. The van der Waals surface area contributed by atoms with Crippen molar-refractivity contribution < 1.29 is 9.66 Å². The number of hydrogen-bond donors (Lipinski definition) is 1. The van der Waals surface area contributed by atoms with Gasteiger partial charge in [0.1, 0.15) is 5.75 Å². The fourth-order valence-electron chi connectivity index (χ4n) is 1.61. The highest BCUT2D eigenvalue weighted by Gasteiger charge is 2.12. The van der Waals surface area contributed by atoms with E-state index < -0.39 is 4.92 Å². The van der Waals surface area contributed by atoms with E-state index in [9.17, 15) is 10.1 Å². The Kier molecular flexibility index (Phi) is 3.72. The van der Waals surface area contributed by atoms with Crippen molar-refractivity contribution >= 4 is 5.69 Å². The van der Waals surface area contributed by atoms with Crippen LogP contribution in [0.5, 0.6) is 11.6 Å². The van der Waals surface area contributed by atoms with Crippen LogP contribution in [0.15, 0.2) is 42.6 Å². The maximum absolute atomic E-state index is 10.7. The molecule has 0 amide bonds. The summed E-state index contributed by atoms with van der Waals surface area (Å²) in [6, 6.07) is 9.28. The second kappa shape index (κ2) is 5.45. The van der Waals surface area contributed by atoms with E-state index >= 15 is 0 Å². The van der Waals surface area contributed by atoms with Gasteiger partial charge in [0.05, 0.1) is 11.0 Å². The smallest absolute Gasteiger partial charge is 0.273 e. The number of nitrogens with two attached hydrogens (primary N) is 1. The lowest BCUT2D eigenvalue weighted by Crippen LogP contribution is -2.07. The molecule has 0 aliphatic rings. The summed E-state index contributed by atoms with van der Waals surface area (Å²) in [5.41, 5.74) is 6.53. The van der Waals surface area contributed by atoms with Crippen LogP contribution in [0.3, 0.4) is 0 Å². The van der Waals surface area contributed by atoms with Crippen LogP contribution in [-0.4, -0.2) is 9.91 Å². The minimum Gasteiger partial charge on any atom is -0.438 e. The molecule has 19 heavy (non-hydrogen) atoms. The Morgan fingerprint density at radius 1 is 1.37 bits per heavy atom. The van der Waals surface area contributed by atoms with Gasteiger partial charge in [0.15, 0.2) is 0 Å². The molecule has 6 heteroatoms. The number of nitrogens with zero attached hydrogens (tertiary/aromatic N) is 2. The van der Waals surface area contributed by atoms with Gasteiger partial charge in [-0.3, -0.25) is 10.1 Å². The fourth-order valence-corrected chi connectivity index (χ4v) is 1.61. The van der Waals surface area contributed by atoms with Crippen LogP contribution in [0, 0.1) is 10.1 Å². The molecule has 0 bridgehead atoms. The van der Waals surface area contributed by atoms with Crippen LogP contribution < -0.4 is 10.5 Å². The Hall–Kier alpha value is -2.47. The van der Waals surface area contributed by atoms with E-state index in [1.54, 1.807) is 24.4 Å². The summed E-state index contributed by atoms with van der Waals surface area (Å²) in [6.07, 6.45) is 1.58. The molecule has 0 aliphatic carbocycles. The van der Waals surface area contributed by atoms with Crippen LogP contribution in [0.2, 0.25) is 0 Å². The number of rotatable bonds is 4. The zero-order chi connectivity index (χ0) is 13.8. The Balaban J connectivity index is 2.31. The van der Waals surface area contributed by atoms with Gasteiger partial charge in [-0.05, 0) is 19.1 Å². The van der Waals surface area contributed by atoms with Crippen molar-refractivity contribution in [1.82, 2.24) is 4.98 Å². The van der Waals surface area contributed by atoms with Gasteiger partial charge in [0.25, 0.3) is 5.69 Å². The van der Waals surface area contributed by atoms with Crippen molar-refractivity contribution in [2.75, 3.05) is 0 Å². The molecule has 2 N–H and O–H groups in total. The third-order valence-corrected chi connectivity index (χ3v) is 2.53. The standard InChI is InChI=1S/C13H13N3O3/c1-9(14)12-6-3-7-15-13(12)19-11-5-2-4-10(8-11)16(17)18/h2-9H,14H2,1H3/t9-/m1/s1. The maximum atomic E-state index is 10.7. The van der Waals surface area contributed by atoms with Gasteiger partial charge < -0.3 is 10.5 Å². The Morgan fingerprint density at radius 2 is 2.16 bits per heavy atom. The summed E-state index contributed by atoms with van der Waals surface area (Å²) in [4.78, 5) is 14.3. The number of benzene rings is 1. The molecule has 0 fully saturated rings. The Labute approximate surface area is 110 Å². The first kappa shape index (κ1) is 13.0. The van der Waals surface area contributed by atoms with E-state index in [1.807, 2.05) is 13.0 Å². The number of aromatic nitrogens is 1. The van der Waals surface area contributed by atoms with E-state index in [4.69, 9.17) is 10.5 Å². The molecule has 2 rings (SSSR count). The molecule has 1 atom stereocenters. The summed E-state index contributed by atoms with van der Waals surface area (Å²) in [6.45, 7) is 1.82. The molecule has 6 nitrogen and oxygen atoms in total. The summed E-state index contributed by atoms with van der Waals surface area (Å²) < 4.78 is 5.57. The summed E-state index contributed by atoms with van der Waals surface area (Å²) in [7, 11) is 0. The topological polar surface area (TPSA) is 91.3 Å². The first-order valence-electron chi connectivity index (χ1n) is 5.70. The number of nitro groups is 1. The van der Waals surface area contributed by atoms with Crippen LogP contribution in [0.4, 0.5) is 5.69 Å². The lowest BCUT2D eigenvalue weighted by molar-refractivity contribution is -0.384. The molecule has 0 aliphatic heterocycles. The number of nitro benzene ring substituents is 1. The van der Waals surface area contributed by atoms with Crippen molar-refractivity contribution in [2.24, 2.45) is 5.73 Å². The van der Waals surface area contributed by atoms with Crippen LogP contribution in [0.25, 0.3) is 0 Å². The van der Waals surface area contributed by atoms with Crippen molar-refractivity contribution in [3.8, 4) is 11.6 Å². The fraction of sp³-hybridized carbons (Fsp3) is 0.154. The third-order valence-electron chi connectivity index (χ3n) is 2.53. The first-order chi connectivity index (χ1) is 9.08. The van der Waals surface area contributed by atoms with Crippen molar-refractivity contribution in [3.05, 3.63) is 58.3 Å². The normalized spacial score (nSPS) is 11.9. The lowest BCUT2D eigenvalue weighted by atomic mass is 10.1. The van der Waals surface area contributed by atoms with Crippen molar-refractivity contribution in [1.29, 1.82) is 0 Å². The maximum Gasteiger partial charge on any atom is 0.273 e. The zero-order valence-corrected chi connectivity index (χ0v) is 10.3. The first-order valence-corrected chi connectivity index (χ1v) is 5.70. The number of ether oxygens (including phenoxy) is 1. The van der Waals surface area contributed by atoms with Crippen molar-refractivity contribution in [2.45, 2.75) is 13.0 Å². The second-order valence-electron chi connectivity index (χ2n) is 4.04. The zero-order valence-electron chi connectivity index (χ0n) is 10.3. The van der Waals surface area contributed by atoms with E-state index in [0.717, 1.165) is 5.56 Å². The van der Waals surface area contributed by atoms with Gasteiger partial charge >= 0.3 is 0 Å². The van der Waals surface area contributed by atoms with E-state index in [1.165, 1.54) is 12.1 Å². The molecule has 1 heterocycles. The summed E-state index contributed by atoms with van der Waals surface area (Å²) in [5.74, 6) is 0.716. The average Bonchev–Trinajstić information content (AvgIpc) is 2.39. The van der Waals surface area contributed by atoms with Crippen LogP contribution in [0.1, 0.15) is 18.5 Å². The van der Waals surface area contributed by atoms with E-state index in [2.05, 4.69) is 4.98 Å². The Bertz CT molecular complexity index is 599. The molecule has 0 saturated heterocycles. The highest BCUT2D eigenvalue weighted by Crippen LogP contribution is 2.28. The molecule has 1 aromatic heterocycles. The highest BCUT2D eigenvalue weighted by molar-refractivity contribution is 5.41. The van der Waals surface area contributed by atoms with E-state index in [0.29, 0.717) is 11.6 Å². The van der Waals surface area contributed by atoms with Crippen LogP contribution >= 0.6 is 0 Å². The molecule has 0 radical (unpaired) electrons. The molecule has 0 spiro atoms. The number of hydrogen-bond acceptors (Lipinski definition) is 5. The second-order valence-corrected chi connectivity index (χ2v) is 4.04. The summed E-state index contributed by atoms with van der Waals surface area (Å²) >= 11 is 0. The minimum atomic E-state index is -0.474. The third kappa shape index (κ3) is 3.05. The molecule has 0 unspecified atom stereocenters. The Morgan fingerprint density at radius 3 is 2.84 bits per heavy atom. The SMILES string of the molecule is C[C@@H](N)c1cccnc1Oc1cccc([N+](=O)[O-])c1. The van der Waals surface area contributed by atoms with Crippen molar-refractivity contribution in [3.63, 3.8) is 0 Å². The quantitative estimate of drug-likeness (QED) is 0.673. The highest BCUT2D eigenvalue weighted by atomic mass is 16.6. The average molecular weight is 259 g/mol. The molecular weight excluding hydrogens is 246 g/mol. The molecule has 1 aromatic carbocycles. The van der Waals surface area contributed by atoms with Gasteiger partial charge in [-0.25, -0.2) is 4.98 Å². The predicted molar refractivity (Wildman–Crippen MR) is 70.0 cm³/mol. The van der Waals surface area contributed by atoms with Gasteiger partial charge in [0, 0.05) is 23.9 Å². The van der Waals surface area contributed by atoms with Gasteiger partial charge in [-0.15, -0.1) is 0 Å². The molecule has 2 aromatic rings. The van der Waals surface area contributed by atoms with Crippen LogP contribution in [-0.2, 0) is 0 Å². The largest absolute Gasteiger partial charge is 0.438 e. The summed E-state index contributed by atoms with van der Waals surface area (Å²) in [5, 5.41) is 10.7. The monoisotopic (exact) mass is 259 g/mol. The predicted octanol–water partition coefficient (Wildman–Crippen LogP) is 2.80. The minimum absolute atomic E-state index is 0.0317. The van der Waals surface area contributed by atoms with Gasteiger partial charge in [-0.1, -0.05) is 12.1 Å².